The van der Waals surface area contributed by atoms with Gasteiger partial charge in [0.2, 0.25) is 11.8 Å². The van der Waals surface area contributed by atoms with E-state index in [9.17, 15) is 9.59 Å². The largest absolute Gasteiger partial charge is 0.326 e. The third kappa shape index (κ3) is 4.86. The number of benzene rings is 2. The Morgan fingerprint density at radius 3 is 2.48 bits per heavy atom. The van der Waals surface area contributed by atoms with Gasteiger partial charge >= 0.3 is 0 Å². The molecule has 4 nitrogen and oxygen atoms in total. The summed E-state index contributed by atoms with van der Waals surface area (Å²) < 4.78 is 0. The van der Waals surface area contributed by atoms with Gasteiger partial charge in [-0.05, 0) is 49.7 Å². The molecular weight excluding hydrogens is 332 g/mol. The summed E-state index contributed by atoms with van der Waals surface area (Å²) in [5.41, 5.74) is 2.90. The lowest BCUT2D eigenvalue weighted by Crippen LogP contribution is -2.23. The molecule has 130 valence electrons. The number of carbonyl (C=O) groups is 2. The molecule has 1 fully saturated rings. The number of hydrogen-bond donors (Lipinski definition) is 1. The van der Waals surface area contributed by atoms with Crippen LogP contribution in [-0.4, -0.2) is 24.1 Å². The molecule has 0 saturated carbocycles. The Labute approximate surface area is 152 Å². The first-order chi connectivity index (χ1) is 12.1. The number of carbonyl (C=O) groups excluding carboxylic acids is 2. The molecular formula is C20H22N2O2S. The molecule has 1 N–H and O–H groups in total. The standard InChI is InChI=1S/C20H22N2O2S/c1-15-4-10-18(11-5-15)25-14-12-19(23)21-16-6-8-17(9-7-16)22-13-2-3-20(22)24/h4-11H,2-3,12-14H2,1H3,(H,21,23). The molecule has 0 atom stereocenters. The molecule has 0 radical (unpaired) electrons. The predicted molar refractivity (Wildman–Crippen MR) is 103 cm³/mol. The Bertz CT molecular complexity index is 741. The highest BCUT2D eigenvalue weighted by Crippen LogP contribution is 2.23. The molecule has 2 amide bonds. The van der Waals surface area contributed by atoms with E-state index in [1.807, 2.05) is 24.3 Å². The van der Waals surface area contributed by atoms with Crippen LogP contribution < -0.4 is 10.2 Å². The molecule has 5 heteroatoms. The van der Waals surface area contributed by atoms with Crippen LogP contribution in [0.15, 0.2) is 53.4 Å². The molecule has 0 bridgehead atoms. The average Bonchev–Trinajstić information content (AvgIpc) is 3.03. The van der Waals surface area contributed by atoms with E-state index in [4.69, 9.17) is 0 Å². The van der Waals surface area contributed by atoms with Gasteiger partial charge in [0.1, 0.15) is 0 Å². The smallest absolute Gasteiger partial charge is 0.227 e. The van der Waals surface area contributed by atoms with Crippen LogP contribution in [0.1, 0.15) is 24.8 Å². The van der Waals surface area contributed by atoms with Gasteiger partial charge in [0.05, 0.1) is 0 Å². The van der Waals surface area contributed by atoms with Crippen molar-refractivity contribution in [1.82, 2.24) is 0 Å². The summed E-state index contributed by atoms with van der Waals surface area (Å²) in [5, 5.41) is 2.91. The molecule has 0 aliphatic carbocycles. The van der Waals surface area contributed by atoms with Crippen molar-refractivity contribution in [3.8, 4) is 0 Å². The highest BCUT2D eigenvalue weighted by molar-refractivity contribution is 7.99. The van der Waals surface area contributed by atoms with Gasteiger partial charge in [-0.25, -0.2) is 0 Å². The maximum atomic E-state index is 12.1. The van der Waals surface area contributed by atoms with Crippen molar-refractivity contribution in [1.29, 1.82) is 0 Å². The normalized spacial score (nSPS) is 14.0. The second-order valence-electron chi connectivity index (χ2n) is 6.16. The summed E-state index contributed by atoms with van der Waals surface area (Å²) >= 11 is 1.68. The van der Waals surface area contributed by atoms with Gasteiger partial charge in [0.25, 0.3) is 0 Å². The lowest BCUT2D eigenvalue weighted by Gasteiger charge is -2.16. The van der Waals surface area contributed by atoms with E-state index < -0.39 is 0 Å². The number of nitrogens with one attached hydrogen (secondary N) is 1. The van der Waals surface area contributed by atoms with Crippen LogP contribution >= 0.6 is 11.8 Å². The van der Waals surface area contributed by atoms with Gasteiger partial charge in [0.15, 0.2) is 0 Å². The van der Waals surface area contributed by atoms with Crippen LogP contribution in [0, 0.1) is 6.92 Å². The first kappa shape index (κ1) is 17.5. The number of thioether (sulfide) groups is 1. The Morgan fingerprint density at radius 2 is 1.84 bits per heavy atom. The zero-order chi connectivity index (χ0) is 17.6. The summed E-state index contributed by atoms with van der Waals surface area (Å²) in [4.78, 5) is 26.8. The molecule has 1 aliphatic heterocycles. The second kappa shape index (κ2) is 8.21. The molecule has 0 unspecified atom stereocenters. The van der Waals surface area contributed by atoms with Gasteiger partial charge in [-0.3, -0.25) is 9.59 Å². The second-order valence-corrected chi connectivity index (χ2v) is 7.32. The van der Waals surface area contributed by atoms with Crippen LogP contribution in [-0.2, 0) is 9.59 Å². The zero-order valence-corrected chi connectivity index (χ0v) is 15.1. The highest BCUT2D eigenvalue weighted by atomic mass is 32.2. The van der Waals surface area contributed by atoms with Gasteiger partial charge in [-0.2, -0.15) is 0 Å². The predicted octanol–water partition coefficient (Wildman–Crippen LogP) is 4.24. The fourth-order valence-corrected chi connectivity index (χ4v) is 3.62. The van der Waals surface area contributed by atoms with Crippen LogP contribution in [0.4, 0.5) is 11.4 Å². The minimum Gasteiger partial charge on any atom is -0.326 e. The van der Waals surface area contributed by atoms with Crippen molar-refractivity contribution in [3.05, 3.63) is 54.1 Å². The van der Waals surface area contributed by atoms with Crippen molar-refractivity contribution >= 4 is 35.0 Å². The molecule has 2 aromatic carbocycles. The molecule has 1 heterocycles. The topological polar surface area (TPSA) is 49.4 Å². The maximum Gasteiger partial charge on any atom is 0.227 e. The number of hydrogen-bond acceptors (Lipinski definition) is 3. The average molecular weight is 354 g/mol. The van der Waals surface area contributed by atoms with Crippen LogP contribution in [0.2, 0.25) is 0 Å². The van der Waals surface area contributed by atoms with E-state index in [0.29, 0.717) is 12.8 Å². The van der Waals surface area contributed by atoms with Crippen molar-refractivity contribution in [2.24, 2.45) is 0 Å². The van der Waals surface area contributed by atoms with E-state index in [1.54, 1.807) is 16.7 Å². The number of anilines is 2. The van der Waals surface area contributed by atoms with Crippen molar-refractivity contribution < 1.29 is 9.59 Å². The van der Waals surface area contributed by atoms with E-state index in [-0.39, 0.29) is 11.8 Å². The monoisotopic (exact) mass is 354 g/mol. The van der Waals surface area contributed by atoms with E-state index >= 15 is 0 Å². The quantitative estimate of drug-likeness (QED) is 0.789. The van der Waals surface area contributed by atoms with Crippen molar-refractivity contribution in [3.63, 3.8) is 0 Å². The first-order valence-corrected chi connectivity index (χ1v) is 9.50. The molecule has 3 rings (SSSR count). The maximum absolute atomic E-state index is 12.1. The number of amides is 2. The molecule has 25 heavy (non-hydrogen) atoms. The summed E-state index contributed by atoms with van der Waals surface area (Å²) in [5.74, 6) is 0.921. The molecule has 0 spiro atoms. The highest BCUT2D eigenvalue weighted by Gasteiger charge is 2.21. The van der Waals surface area contributed by atoms with Crippen molar-refractivity contribution in [2.45, 2.75) is 31.1 Å². The zero-order valence-electron chi connectivity index (χ0n) is 14.3. The van der Waals surface area contributed by atoms with E-state index in [2.05, 4.69) is 36.5 Å². The Morgan fingerprint density at radius 1 is 1.12 bits per heavy atom. The third-order valence-corrected chi connectivity index (χ3v) is 5.17. The fourth-order valence-electron chi connectivity index (χ4n) is 2.77. The summed E-state index contributed by atoms with van der Waals surface area (Å²) in [6.45, 7) is 2.84. The summed E-state index contributed by atoms with van der Waals surface area (Å²) in [6, 6.07) is 15.8. The number of rotatable bonds is 6. The minimum absolute atomic E-state index is 0.00427. The lowest BCUT2D eigenvalue weighted by molar-refractivity contribution is -0.117. The fraction of sp³-hybridized carbons (Fsp3) is 0.300. The van der Waals surface area contributed by atoms with E-state index in [0.717, 1.165) is 30.1 Å². The Balaban J connectivity index is 1.46. The third-order valence-electron chi connectivity index (χ3n) is 4.15. The number of aryl methyl sites for hydroxylation is 1. The van der Waals surface area contributed by atoms with Crippen LogP contribution in [0.5, 0.6) is 0 Å². The van der Waals surface area contributed by atoms with Gasteiger partial charge < -0.3 is 10.2 Å². The van der Waals surface area contributed by atoms with Gasteiger partial charge in [-0.15, -0.1) is 11.8 Å². The number of nitrogens with zero attached hydrogens (tertiary/aromatic N) is 1. The van der Waals surface area contributed by atoms with Gasteiger partial charge in [-0.1, -0.05) is 17.7 Å². The van der Waals surface area contributed by atoms with Crippen molar-refractivity contribution in [2.75, 3.05) is 22.5 Å². The Hall–Kier alpha value is -2.27. The summed E-state index contributed by atoms with van der Waals surface area (Å²) in [7, 11) is 0. The molecule has 1 saturated heterocycles. The molecule has 1 aliphatic rings. The first-order valence-electron chi connectivity index (χ1n) is 8.51. The Kier molecular flexibility index (Phi) is 5.76. The minimum atomic E-state index is 0.00427. The lowest BCUT2D eigenvalue weighted by atomic mass is 10.2. The molecule has 0 aromatic heterocycles. The summed E-state index contributed by atoms with van der Waals surface area (Å²) in [6.07, 6.45) is 2.00. The van der Waals surface area contributed by atoms with Crippen LogP contribution in [0.3, 0.4) is 0 Å². The SMILES string of the molecule is Cc1ccc(SCCC(=O)Nc2ccc(N3CCCC3=O)cc2)cc1. The van der Waals surface area contributed by atoms with Gasteiger partial charge in [0, 0.05) is 41.4 Å². The van der Waals surface area contributed by atoms with E-state index in [1.165, 1.54) is 10.5 Å². The van der Waals surface area contributed by atoms with Crippen LogP contribution in [0.25, 0.3) is 0 Å². The molecule has 2 aromatic rings.